The van der Waals surface area contributed by atoms with E-state index < -0.39 is 5.60 Å². The zero-order valence-electron chi connectivity index (χ0n) is 16.6. The van der Waals surface area contributed by atoms with E-state index >= 15 is 0 Å². The van der Waals surface area contributed by atoms with Gasteiger partial charge in [0, 0.05) is 24.1 Å². The van der Waals surface area contributed by atoms with Crippen LogP contribution >= 0.6 is 0 Å². The van der Waals surface area contributed by atoms with Gasteiger partial charge in [-0.25, -0.2) is 15.0 Å². The Morgan fingerprint density at radius 2 is 1.90 bits per heavy atom. The van der Waals surface area contributed by atoms with E-state index in [0.717, 1.165) is 54.1 Å². The molecule has 2 fully saturated rings. The van der Waals surface area contributed by atoms with Crippen molar-refractivity contribution in [3.8, 4) is 17.1 Å². The van der Waals surface area contributed by atoms with Crippen molar-refractivity contribution < 1.29 is 9.84 Å². The molecule has 2 aliphatic rings. The molecule has 2 aliphatic carbocycles. The lowest BCUT2D eigenvalue weighted by molar-refractivity contribution is -0.0143. The molecule has 2 heterocycles. The highest BCUT2D eigenvalue weighted by Gasteiger charge is 2.55. The predicted octanol–water partition coefficient (Wildman–Crippen LogP) is 3.93. The van der Waals surface area contributed by atoms with E-state index in [0.29, 0.717) is 23.5 Å². The number of nitrogens with zero attached hydrogens (tertiary/aromatic N) is 3. The average molecular weight is 391 g/mol. The van der Waals surface area contributed by atoms with Gasteiger partial charge in [-0.05, 0) is 62.6 Å². The fourth-order valence-electron chi connectivity index (χ4n) is 4.09. The van der Waals surface area contributed by atoms with Crippen molar-refractivity contribution in [2.45, 2.75) is 38.2 Å². The first-order valence-corrected chi connectivity index (χ1v) is 10.1. The number of aromatic nitrogens is 4. The Morgan fingerprint density at radius 1 is 1.14 bits per heavy atom. The molecule has 0 spiro atoms. The molecular formula is C22H25N5O2. The summed E-state index contributed by atoms with van der Waals surface area (Å²) in [5, 5.41) is 14.6. The van der Waals surface area contributed by atoms with Crippen LogP contribution in [0.25, 0.3) is 11.4 Å². The van der Waals surface area contributed by atoms with E-state index in [1.165, 1.54) is 0 Å². The average Bonchev–Trinajstić information content (AvgIpc) is 3.65. The van der Waals surface area contributed by atoms with Gasteiger partial charge in [-0.2, -0.15) is 0 Å². The van der Waals surface area contributed by atoms with E-state index in [4.69, 9.17) is 4.74 Å². The molecule has 1 aromatic carbocycles. The quantitative estimate of drug-likeness (QED) is 0.565. The number of H-pyrrole nitrogens is 1. The van der Waals surface area contributed by atoms with Gasteiger partial charge < -0.3 is 20.1 Å². The first kappa shape index (κ1) is 18.1. The first-order chi connectivity index (χ1) is 14.1. The fourth-order valence-corrected chi connectivity index (χ4v) is 4.09. The Balaban J connectivity index is 1.42. The molecule has 7 nitrogen and oxygen atoms in total. The number of nitrogens with one attached hydrogen (secondary N) is 2. The summed E-state index contributed by atoms with van der Waals surface area (Å²) in [4.78, 5) is 16.7. The summed E-state index contributed by atoms with van der Waals surface area (Å²) in [6.45, 7) is 1.94. The number of ether oxygens (including phenoxy) is 1. The lowest BCUT2D eigenvalue weighted by Crippen LogP contribution is -2.32. The maximum absolute atomic E-state index is 11.4. The Kier molecular flexibility index (Phi) is 4.28. The molecule has 0 unspecified atom stereocenters. The highest BCUT2D eigenvalue weighted by molar-refractivity contribution is 5.70. The van der Waals surface area contributed by atoms with Gasteiger partial charge in [-0.15, -0.1) is 0 Å². The summed E-state index contributed by atoms with van der Waals surface area (Å²) in [7, 11) is 1.64. The monoisotopic (exact) mass is 391 g/mol. The number of benzene rings is 1. The van der Waals surface area contributed by atoms with Crippen LogP contribution in [0.5, 0.6) is 5.75 Å². The zero-order chi connectivity index (χ0) is 20.0. The largest absolute Gasteiger partial charge is 0.496 e. The minimum Gasteiger partial charge on any atom is -0.496 e. The molecule has 29 heavy (non-hydrogen) atoms. The number of aromatic amines is 1. The van der Waals surface area contributed by atoms with Crippen molar-refractivity contribution in [1.29, 1.82) is 0 Å². The van der Waals surface area contributed by atoms with E-state index in [1.54, 1.807) is 13.3 Å². The van der Waals surface area contributed by atoms with Crippen LogP contribution in [0.1, 0.15) is 37.1 Å². The van der Waals surface area contributed by atoms with Crippen LogP contribution in [-0.2, 0) is 5.60 Å². The van der Waals surface area contributed by atoms with Crippen molar-refractivity contribution in [1.82, 2.24) is 19.9 Å². The molecule has 3 N–H and O–H groups in total. The van der Waals surface area contributed by atoms with Crippen LogP contribution in [0.15, 0.2) is 36.7 Å². The van der Waals surface area contributed by atoms with E-state index in [-0.39, 0.29) is 0 Å². The minimum atomic E-state index is -0.807. The molecule has 0 amide bonds. The second kappa shape index (κ2) is 6.84. The summed E-state index contributed by atoms with van der Waals surface area (Å²) in [5.41, 5.74) is 2.55. The van der Waals surface area contributed by atoms with Gasteiger partial charge in [0.25, 0.3) is 0 Å². The highest BCUT2D eigenvalue weighted by atomic mass is 16.5. The molecule has 0 atom stereocenters. The van der Waals surface area contributed by atoms with Gasteiger partial charge in [0.05, 0.1) is 24.1 Å². The summed E-state index contributed by atoms with van der Waals surface area (Å²) < 4.78 is 5.56. The standard InChI is InChI=1S/C22H25N5O2/c1-13-12-24-20(25-13)17-8-7-16(11-18(17)29-2)26-21-23-10-9-19(27-21)22(28,14-3-4-14)15-5-6-15/h7-12,14-15,28H,3-6H2,1-2H3,(H,24,25)(H,23,26,27). The van der Waals surface area contributed by atoms with Crippen molar-refractivity contribution in [2.75, 3.05) is 12.4 Å². The molecule has 5 rings (SSSR count). The summed E-state index contributed by atoms with van der Waals surface area (Å²) >= 11 is 0. The highest BCUT2D eigenvalue weighted by Crippen LogP contribution is 2.57. The van der Waals surface area contributed by atoms with Crippen LogP contribution in [0.3, 0.4) is 0 Å². The third kappa shape index (κ3) is 3.35. The van der Waals surface area contributed by atoms with Crippen molar-refractivity contribution >= 4 is 11.6 Å². The minimum absolute atomic E-state index is 0.328. The van der Waals surface area contributed by atoms with Gasteiger partial charge in [0.2, 0.25) is 5.95 Å². The lowest BCUT2D eigenvalue weighted by Gasteiger charge is -2.27. The van der Waals surface area contributed by atoms with Gasteiger partial charge in [0.1, 0.15) is 17.2 Å². The van der Waals surface area contributed by atoms with Crippen LogP contribution in [0.2, 0.25) is 0 Å². The fraction of sp³-hybridized carbons (Fsp3) is 0.409. The van der Waals surface area contributed by atoms with Gasteiger partial charge in [-0.1, -0.05) is 0 Å². The summed E-state index contributed by atoms with van der Waals surface area (Å²) in [5.74, 6) is 2.60. The zero-order valence-corrected chi connectivity index (χ0v) is 16.6. The van der Waals surface area contributed by atoms with Crippen LogP contribution in [0.4, 0.5) is 11.6 Å². The number of aliphatic hydroxyl groups is 1. The topological polar surface area (TPSA) is 95.9 Å². The molecule has 0 radical (unpaired) electrons. The number of hydrogen-bond acceptors (Lipinski definition) is 6. The molecule has 0 aliphatic heterocycles. The Morgan fingerprint density at radius 3 is 2.52 bits per heavy atom. The smallest absolute Gasteiger partial charge is 0.227 e. The number of aryl methyl sites for hydroxylation is 1. The maximum atomic E-state index is 11.4. The van der Waals surface area contributed by atoms with E-state index in [9.17, 15) is 5.11 Å². The van der Waals surface area contributed by atoms with Crippen LogP contribution in [-0.4, -0.2) is 32.2 Å². The molecule has 0 saturated heterocycles. The summed E-state index contributed by atoms with van der Waals surface area (Å²) in [6, 6.07) is 7.65. The molecule has 0 bridgehead atoms. The third-order valence-corrected chi connectivity index (χ3v) is 5.88. The second-order valence-corrected chi connectivity index (χ2v) is 8.07. The number of hydrogen-bond donors (Lipinski definition) is 3. The SMILES string of the molecule is COc1cc(Nc2nccc(C(O)(C3CC3)C3CC3)n2)ccc1-c1nc(C)c[nH]1. The normalized spacial score (nSPS) is 16.7. The Hall–Kier alpha value is -2.93. The summed E-state index contributed by atoms with van der Waals surface area (Å²) in [6.07, 6.45) is 7.88. The maximum Gasteiger partial charge on any atom is 0.227 e. The van der Waals surface area contributed by atoms with Crippen molar-refractivity contribution in [2.24, 2.45) is 11.8 Å². The molecule has 2 saturated carbocycles. The second-order valence-electron chi connectivity index (χ2n) is 8.07. The molecular weight excluding hydrogens is 366 g/mol. The van der Waals surface area contributed by atoms with Crippen LogP contribution in [0, 0.1) is 18.8 Å². The molecule has 150 valence electrons. The van der Waals surface area contributed by atoms with Gasteiger partial charge in [0.15, 0.2) is 0 Å². The molecule has 7 heteroatoms. The molecule has 3 aromatic rings. The predicted molar refractivity (Wildman–Crippen MR) is 110 cm³/mol. The number of anilines is 2. The Bertz CT molecular complexity index is 1030. The number of methoxy groups -OCH3 is 1. The van der Waals surface area contributed by atoms with Crippen LogP contribution < -0.4 is 10.1 Å². The third-order valence-electron chi connectivity index (χ3n) is 5.88. The van der Waals surface area contributed by atoms with Crippen molar-refractivity contribution in [3.63, 3.8) is 0 Å². The number of rotatable bonds is 7. The van der Waals surface area contributed by atoms with E-state index in [2.05, 4.69) is 25.3 Å². The van der Waals surface area contributed by atoms with Gasteiger partial charge >= 0.3 is 0 Å². The van der Waals surface area contributed by atoms with Gasteiger partial charge in [-0.3, -0.25) is 0 Å². The first-order valence-electron chi connectivity index (χ1n) is 10.1. The van der Waals surface area contributed by atoms with Crippen molar-refractivity contribution in [3.05, 3.63) is 48.0 Å². The number of imidazole rings is 1. The lowest BCUT2D eigenvalue weighted by atomic mass is 9.88. The van der Waals surface area contributed by atoms with E-state index in [1.807, 2.05) is 37.4 Å². The Labute approximate surface area is 169 Å². The molecule has 2 aromatic heterocycles.